The first kappa shape index (κ1) is 58.2. The Labute approximate surface area is 370 Å². The lowest BCUT2D eigenvalue weighted by atomic mass is 10.0. The van der Waals surface area contributed by atoms with E-state index in [2.05, 4.69) is 50.3 Å². The number of esters is 2. The molecule has 0 amide bonds. The number of phosphoric ester groups is 1. The number of allylic oxidation sites excluding steroid dienone is 6. The van der Waals surface area contributed by atoms with Crippen molar-refractivity contribution >= 4 is 19.8 Å². The Balaban J connectivity index is 4.25. The fourth-order valence-corrected chi connectivity index (χ4v) is 7.49. The van der Waals surface area contributed by atoms with E-state index in [1.54, 1.807) is 0 Å². The van der Waals surface area contributed by atoms with Gasteiger partial charge < -0.3 is 18.9 Å². The van der Waals surface area contributed by atoms with Crippen LogP contribution in [0.2, 0.25) is 0 Å². The quantitative estimate of drug-likeness (QED) is 0.0212. The Hall–Kier alpha value is -1.77. The van der Waals surface area contributed by atoms with E-state index in [0.29, 0.717) is 17.4 Å². The maximum atomic E-state index is 12.7. The number of nitrogens with zero attached hydrogens (tertiary/aromatic N) is 1. The van der Waals surface area contributed by atoms with Gasteiger partial charge in [-0.3, -0.25) is 18.6 Å². The molecule has 0 aliphatic carbocycles. The van der Waals surface area contributed by atoms with Crippen molar-refractivity contribution in [3.8, 4) is 0 Å². The molecular formula is C50H95NO8P+. The van der Waals surface area contributed by atoms with Gasteiger partial charge in [-0.15, -0.1) is 0 Å². The van der Waals surface area contributed by atoms with E-state index in [0.717, 1.165) is 57.8 Å². The van der Waals surface area contributed by atoms with E-state index in [-0.39, 0.29) is 32.0 Å². The highest BCUT2D eigenvalue weighted by atomic mass is 31.2. The normalized spacial score (nSPS) is 13.8. The third-order valence-electron chi connectivity index (χ3n) is 10.6. The predicted molar refractivity (Wildman–Crippen MR) is 252 cm³/mol. The minimum absolute atomic E-state index is 0.0290. The summed E-state index contributed by atoms with van der Waals surface area (Å²) in [5, 5.41) is 0. The molecule has 0 aliphatic rings. The Bertz CT molecular complexity index is 1120. The summed E-state index contributed by atoms with van der Waals surface area (Å²) in [7, 11) is 1.47. The fourth-order valence-electron chi connectivity index (χ4n) is 6.75. The zero-order valence-corrected chi connectivity index (χ0v) is 40.6. The number of unbranched alkanes of at least 4 members (excludes halogenated alkanes) is 25. The summed E-state index contributed by atoms with van der Waals surface area (Å²) in [4.78, 5) is 35.5. The van der Waals surface area contributed by atoms with Crippen molar-refractivity contribution in [1.82, 2.24) is 0 Å². The number of carbonyl (C=O) groups is 2. The van der Waals surface area contributed by atoms with Crippen molar-refractivity contribution in [2.24, 2.45) is 0 Å². The van der Waals surface area contributed by atoms with Gasteiger partial charge >= 0.3 is 19.8 Å². The molecule has 0 radical (unpaired) electrons. The van der Waals surface area contributed by atoms with Gasteiger partial charge in [-0.1, -0.05) is 172 Å². The molecule has 0 saturated carbocycles. The monoisotopic (exact) mass is 869 g/mol. The van der Waals surface area contributed by atoms with Crippen LogP contribution in [0.3, 0.4) is 0 Å². The molecule has 10 heteroatoms. The third kappa shape index (κ3) is 45.7. The van der Waals surface area contributed by atoms with E-state index in [1.165, 1.54) is 128 Å². The first-order chi connectivity index (χ1) is 29.0. The first-order valence-corrected chi connectivity index (χ1v) is 26.2. The minimum Gasteiger partial charge on any atom is -0.462 e. The molecule has 0 aliphatic heterocycles. The van der Waals surface area contributed by atoms with Crippen molar-refractivity contribution in [3.05, 3.63) is 36.5 Å². The molecule has 1 N–H and O–H groups in total. The maximum Gasteiger partial charge on any atom is 0.472 e. The molecule has 0 bridgehead atoms. The molecule has 0 fully saturated rings. The second-order valence-corrected chi connectivity index (χ2v) is 19.3. The van der Waals surface area contributed by atoms with Crippen LogP contribution in [0.1, 0.15) is 219 Å². The number of phosphoric acid groups is 1. The number of likely N-dealkylation sites (N-methyl/N-ethyl adjacent to an activating group) is 1. The lowest BCUT2D eigenvalue weighted by Gasteiger charge is -2.24. The van der Waals surface area contributed by atoms with Crippen molar-refractivity contribution in [3.63, 3.8) is 0 Å². The van der Waals surface area contributed by atoms with Crippen molar-refractivity contribution in [2.75, 3.05) is 47.5 Å². The second-order valence-electron chi connectivity index (χ2n) is 17.8. The van der Waals surface area contributed by atoms with Gasteiger partial charge in [-0.05, 0) is 70.6 Å². The summed E-state index contributed by atoms with van der Waals surface area (Å²) in [5.74, 6) is -0.810. The summed E-state index contributed by atoms with van der Waals surface area (Å²) in [6, 6.07) is 0. The molecule has 0 saturated heterocycles. The minimum atomic E-state index is -4.38. The van der Waals surface area contributed by atoms with Gasteiger partial charge in [0.05, 0.1) is 27.7 Å². The summed E-state index contributed by atoms with van der Waals surface area (Å²) in [5.41, 5.74) is 0. The number of quaternary nitrogens is 1. The average molecular weight is 869 g/mol. The SMILES string of the molecule is CCCCC/C=C/C/C=C/CCCCCCCC(=O)O[C@@H](COC(=O)CCCCCCCCCCCCC/C=C/CCCCCCCC)COP(=O)(O)OCC[N+](C)(C)C. The van der Waals surface area contributed by atoms with Crippen LogP contribution in [0.15, 0.2) is 36.5 Å². The van der Waals surface area contributed by atoms with Gasteiger partial charge in [-0.2, -0.15) is 0 Å². The van der Waals surface area contributed by atoms with Gasteiger partial charge in [0.15, 0.2) is 6.10 Å². The number of ether oxygens (including phenoxy) is 2. The summed E-state index contributed by atoms with van der Waals surface area (Å²) < 4.78 is 34.4. The Morgan fingerprint density at radius 3 is 1.37 bits per heavy atom. The highest BCUT2D eigenvalue weighted by molar-refractivity contribution is 7.47. The topological polar surface area (TPSA) is 108 Å². The van der Waals surface area contributed by atoms with Gasteiger partial charge in [0.1, 0.15) is 19.8 Å². The predicted octanol–water partition coefficient (Wildman–Crippen LogP) is 14.5. The average Bonchev–Trinajstić information content (AvgIpc) is 3.20. The molecule has 0 aromatic rings. The van der Waals surface area contributed by atoms with Gasteiger partial charge in [0.2, 0.25) is 0 Å². The third-order valence-corrected chi connectivity index (χ3v) is 11.6. The van der Waals surface area contributed by atoms with E-state index >= 15 is 0 Å². The summed E-state index contributed by atoms with van der Waals surface area (Å²) in [6.45, 7) is 4.39. The molecule has 60 heavy (non-hydrogen) atoms. The largest absolute Gasteiger partial charge is 0.472 e. The van der Waals surface area contributed by atoms with E-state index in [1.807, 2.05) is 21.1 Å². The van der Waals surface area contributed by atoms with E-state index < -0.39 is 26.5 Å². The molecule has 0 aromatic heterocycles. The van der Waals surface area contributed by atoms with Crippen molar-refractivity contribution in [1.29, 1.82) is 0 Å². The standard InChI is InChI=1S/C50H94NO8P/c1-6-8-10-12-14-16-18-20-22-23-24-25-26-27-29-30-32-34-36-38-40-42-49(52)56-46-48(47-58-60(54,55)57-45-44-51(3,4)5)59-50(53)43-41-39-37-35-33-31-28-21-19-17-15-13-11-9-7-2/h15,17,20-22,28,48H,6-14,16,18-19,23-27,29-47H2,1-5H3/p+1/b17-15+,22-20+,28-21+/t48-/m0/s1. The number of carbonyl (C=O) groups excluding carboxylic acids is 2. The fraction of sp³-hybridized carbons (Fsp3) is 0.840. The van der Waals surface area contributed by atoms with Crippen LogP contribution in [-0.4, -0.2) is 74.9 Å². The molecule has 0 aromatic carbocycles. The lowest BCUT2D eigenvalue weighted by Crippen LogP contribution is -2.37. The molecule has 0 rings (SSSR count). The Kier molecular flexibility index (Phi) is 41.3. The second kappa shape index (κ2) is 42.5. The maximum absolute atomic E-state index is 12.7. The molecule has 0 heterocycles. The molecule has 2 atom stereocenters. The molecule has 9 nitrogen and oxygen atoms in total. The zero-order valence-electron chi connectivity index (χ0n) is 39.7. The van der Waals surface area contributed by atoms with Crippen LogP contribution in [0, 0.1) is 0 Å². The van der Waals surface area contributed by atoms with Gasteiger partial charge in [-0.25, -0.2) is 4.57 Å². The smallest absolute Gasteiger partial charge is 0.462 e. The van der Waals surface area contributed by atoms with Crippen LogP contribution >= 0.6 is 7.82 Å². The first-order valence-electron chi connectivity index (χ1n) is 24.7. The molecule has 352 valence electrons. The highest BCUT2D eigenvalue weighted by Gasteiger charge is 2.27. The van der Waals surface area contributed by atoms with Crippen LogP contribution in [0.25, 0.3) is 0 Å². The lowest BCUT2D eigenvalue weighted by molar-refractivity contribution is -0.870. The number of hydrogen-bond acceptors (Lipinski definition) is 7. The van der Waals surface area contributed by atoms with Crippen LogP contribution in [0.5, 0.6) is 0 Å². The number of hydrogen-bond donors (Lipinski definition) is 1. The van der Waals surface area contributed by atoms with Crippen LogP contribution in [0.4, 0.5) is 0 Å². The summed E-state index contributed by atoms with van der Waals surface area (Å²) >= 11 is 0. The van der Waals surface area contributed by atoms with Gasteiger partial charge in [0, 0.05) is 12.8 Å². The van der Waals surface area contributed by atoms with Crippen LogP contribution < -0.4 is 0 Å². The summed E-state index contributed by atoms with van der Waals surface area (Å²) in [6.07, 6.45) is 49.1. The van der Waals surface area contributed by atoms with Gasteiger partial charge in [0.25, 0.3) is 0 Å². The Morgan fingerprint density at radius 1 is 0.517 bits per heavy atom. The highest BCUT2D eigenvalue weighted by Crippen LogP contribution is 2.43. The molecule has 0 spiro atoms. The van der Waals surface area contributed by atoms with Crippen molar-refractivity contribution in [2.45, 2.75) is 225 Å². The Morgan fingerprint density at radius 2 is 0.900 bits per heavy atom. The van der Waals surface area contributed by atoms with E-state index in [4.69, 9.17) is 18.5 Å². The number of rotatable bonds is 45. The molecular weight excluding hydrogens is 774 g/mol. The van der Waals surface area contributed by atoms with Crippen LogP contribution in [-0.2, 0) is 32.7 Å². The molecule has 1 unspecified atom stereocenters. The van der Waals surface area contributed by atoms with Crippen molar-refractivity contribution < 1.29 is 42.1 Å². The zero-order chi connectivity index (χ0) is 44.3. The van der Waals surface area contributed by atoms with E-state index in [9.17, 15) is 19.0 Å².